The van der Waals surface area contributed by atoms with E-state index < -0.39 is 0 Å². The zero-order valence-electron chi connectivity index (χ0n) is 14.0. The van der Waals surface area contributed by atoms with E-state index in [0.717, 1.165) is 25.4 Å². The number of aromatic nitrogens is 2. The van der Waals surface area contributed by atoms with Crippen LogP contribution in [0.15, 0.2) is 12.4 Å². The number of rotatable bonds is 7. The topological polar surface area (TPSA) is 29.9 Å². The van der Waals surface area contributed by atoms with E-state index in [4.69, 9.17) is 0 Å². The molecule has 0 radical (unpaired) electrons. The molecule has 1 N–H and O–H groups in total. The molecule has 0 bridgehead atoms. The summed E-state index contributed by atoms with van der Waals surface area (Å²) in [6.45, 7) is 16.1. The Morgan fingerprint density at radius 3 is 2.35 bits per heavy atom. The van der Waals surface area contributed by atoms with Gasteiger partial charge in [-0.3, -0.25) is 4.68 Å². The van der Waals surface area contributed by atoms with Gasteiger partial charge >= 0.3 is 0 Å². The molecule has 1 atom stereocenters. The minimum Gasteiger partial charge on any atom is -0.313 e. The number of hydrogen-bond donors (Lipinski definition) is 1. The molecule has 0 spiro atoms. The summed E-state index contributed by atoms with van der Waals surface area (Å²) in [5.41, 5.74) is 2.22. The average Bonchev–Trinajstić information content (AvgIpc) is 2.72. The molecule has 1 aliphatic carbocycles. The first-order chi connectivity index (χ1) is 9.34. The van der Waals surface area contributed by atoms with Crippen LogP contribution in [-0.2, 0) is 13.0 Å². The lowest BCUT2D eigenvalue weighted by Crippen LogP contribution is -2.35. The minimum atomic E-state index is 0.430. The maximum Gasteiger partial charge on any atom is 0.0522 e. The summed E-state index contributed by atoms with van der Waals surface area (Å²) < 4.78 is 2.02. The van der Waals surface area contributed by atoms with E-state index in [-0.39, 0.29) is 0 Å². The van der Waals surface area contributed by atoms with Crippen molar-refractivity contribution in [1.82, 2.24) is 15.1 Å². The quantitative estimate of drug-likeness (QED) is 0.826. The molecule has 1 aromatic rings. The first-order valence-corrected chi connectivity index (χ1v) is 8.09. The highest BCUT2D eigenvalue weighted by Crippen LogP contribution is 2.69. The predicted octanol–water partition coefficient (Wildman–Crippen LogP) is 3.50. The van der Waals surface area contributed by atoms with E-state index in [1.807, 2.05) is 10.9 Å². The molecular weight excluding hydrogens is 246 g/mol. The third kappa shape index (κ3) is 2.65. The van der Waals surface area contributed by atoms with Crippen molar-refractivity contribution in [3.8, 4) is 0 Å². The van der Waals surface area contributed by atoms with Crippen molar-refractivity contribution < 1.29 is 0 Å². The van der Waals surface area contributed by atoms with Crippen LogP contribution in [0, 0.1) is 16.7 Å². The second-order valence-electron chi connectivity index (χ2n) is 7.39. The van der Waals surface area contributed by atoms with Crippen LogP contribution in [0.3, 0.4) is 0 Å². The maximum atomic E-state index is 4.41. The summed E-state index contributed by atoms with van der Waals surface area (Å²) in [5, 5.41) is 8.19. The molecule has 20 heavy (non-hydrogen) atoms. The second kappa shape index (κ2) is 5.51. The molecule has 3 heteroatoms. The molecule has 1 fully saturated rings. The van der Waals surface area contributed by atoms with Crippen molar-refractivity contribution in [1.29, 1.82) is 0 Å². The number of nitrogens with zero attached hydrogens (tertiary/aromatic N) is 2. The summed E-state index contributed by atoms with van der Waals surface area (Å²) in [4.78, 5) is 0. The fraction of sp³-hybridized carbons (Fsp3) is 0.824. The van der Waals surface area contributed by atoms with Crippen molar-refractivity contribution in [3.63, 3.8) is 0 Å². The van der Waals surface area contributed by atoms with E-state index in [9.17, 15) is 0 Å². The zero-order chi connectivity index (χ0) is 15.0. The van der Waals surface area contributed by atoms with E-state index in [1.165, 1.54) is 12.0 Å². The van der Waals surface area contributed by atoms with Gasteiger partial charge in [0.25, 0.3) is 0 Å². The lowest BCUT2D eigenvalue weighted by molar-refractivity contribution is 0.395. The van der Waals surface area contributed by atoms with Gasteiger partial charge in [0.15, 0.2) is 0 Å². The second-order valence-corrected chi connectivity index (χ2v) is 7.39. The average molecular weight is 277 g/mol. The molecule has 2 rings (SSSR count). The Bertz CT molecular complexity index is 431. The van der Waals surface area contributed by atoms with E-state index in [0.29, 0.717) is 16.9 Å². The first kappa shape index (κ1) is 15.6. The van der Waals surface area contributed by atoms with Gasteiger partial charge < -0.3 is 5.32 Å². The molecule has 1 aliphatic rings. The zero-order valence-corrected chi connectivity index (χ0v) is 14.0. The van der Waals surface area contributed by atoms with Gasteiger partial charge in [0.1, 0.15) is 0 Å². The van der Waals surface area contributed by atoms with Crippen LogP contribution in [0.25, 0.3) is 0 Å². The van der Waals surface area contributed by atoms with E-state index >= 15 is 0 Å². The Balaban J connectivity index is 2.09. The molecule has 1 saturated carbocycles. The van der Waals surface area contributed by atoms with Crippen LogP contribution >= 0.6 is 0 Å². The number of hydrogen-bond acceptors (Lipinski definition) is 2. The highest BCUT2D eigenvalue weighted by Gasteiger charge is 2.66. The Hall–Kier alpha value is -0.830. The van der Waals surface area contributed by atoms with Crippen LogP contribution in [0.4, 0.5) is 0 Å². The lowest BCUT2D eigenvalue weighted by atomic mass is 9.98. The molecular formula is C17H31N3. The minimum absolute atomic E-state index is 0.430. The summed E-state index contributed by atoms with van der Waals surface area (Å²) >= 11 is 0. The van der Waals surface area contributed by atoms with Crippen molar-refractivity contribution >= 4 is 0 Å². The van der Waals surface area contributed by atoms with Crippen molar-refractivity contribution in [2.75, 3.05) is 6.54 Å². The molecule has 0 aliphatic heterocycles. The van der Waals surface area contributed by atoms with Crippen LogP contribution in [0.2, 0.25) is 0 Å². The van der Waals surface area contributed by atoms with E-state index in [1.54, 1.807) is 0 Å². The lowest BCUT2D eigenvalue weighted by Gasteiger charge is -2.20. The van der Waals surface area contributed by atoms with E-state index in [2.05, 4.69) is 58.2 Å². The van der Waals surface area contributed by atoms with Gasteiger partial charge in [0.05, 0.1) is 6.20 Å². The highest BCUT2D eigenvalue weighted by molar-refractivity contribution is 5.19. The van der Waals surface area contributed by atoms with Gasteiger partial charge in [0, 0.05) is 18.8 Å². The van der Waals surface area contributed by atoms with Crippen molar-refractivity contribution in [3.05, 3.63) is 18.0 Å². The maximum absolute atomic E-state index is 4.41. The summed E-state index contributed by atoms with van der Waals surface area (Å²) in [7, 11) is 0. The first-order valence-electron chi connectivity index (χ1n) is 8.09. The Kier molecular flexibility index (Phi) is 4.29. The third-order valence-electron chi connectivity index (χ3n) is 5.66. The van der Waals surface area contributed by atoms with Gasteiger partial charge in [-0.05, 0) is 48.6 Å². The van der Waals surface area contributed by atoms with Gasteiger partial charge in [-0.25, -0.2) is 0 Å². The van der Waals surface area contributed by atoms with Gasteiger partial charge in [-0.1, -0.05) is 34.6 Å². The third-order valence-corrected chi connectivity index (χ3v) is 5.66. The Morgan fingerprint density at radius 2 is 1.90 bits per heavy atom. The van der Waals surface area contributed by atoms with Gasteiger partial charge in [-0.15, -0.1) is 0 Å². The Labute approximate surface area is 124 Å². The molecule has 0 aromatic carbocycles. The summed E-state index contributed by atoms with van der Waals surface area (Å²) in [6, 6.07) is 0.564. The summed E-state index contributed by atoms with van der Waals surface area (Å²) in [6.07, 6.45) is 6.52. The van der Waals surface area contributed by atoms with Crippen molar-refractivity contribution in [2.24, 2.45) is 16.7 Å². The normalized spacial score (nSPS) is 21.9. The van der Waals surface area contributed by atoms with Crippen LogP contribution < -0.4 is 5.32 Å². The molecule has 1 aromatic heterocycles. The van der Waals surface area contributed by atoms with Gasteiger partial charge in [0.2, 0.25) is 0 Å². The molecule has 1 heterocycles. The monoisotopic (exact) mass is 277 g/mol. The molecule has 3 nitrogen and oxygen atoms in total. The van der Waals surface area contributed by atoms with Crippen LogP contribution in [-0.4, -0.2) is 22.4 Å². The SMILES string of the molecule is CCCNC(Cc1cnn(CC)c1)C1C(C)(C)C1(C)C. The predicted molar refractivity (Wildman–Crippen MR) is 84.7 cm³/mol. The fourth-order valence-electron chi connectivity index (χ4n) is 3.83. The number of aryl methyl sites for hydroxylation is 1. The molecule has 1 unspecified atom stereocenters. The molecule has 0 saturated heterocycles. The van der Waals surface area contributed by atoms with Crippen LogP contribution in [0.5, 0.6) is 0 Å². The number of nitrogens with one attached hydrogen (secondary N) is 1. The smallest absolute Gasteiger partial charge is 0.0522 e. The fourth-order valence-corrected chi connectivity index (χ4v) is 3.83. The standard InChI is InChI=1S/C17H31N3/c1-7-9-18-14(15-16(3,4)17(15,5)6)10-13-11-19-20(8-2)12-13/h11-12,14-15,18H,7-10H2,1-6H3. The Morgan fingerprint density at radius 1 is 1.25 bits per heavy atom. The highest BCUT2D eigenvalue weighted by atomic mass is 15.3. The van der Waals surface area contributed by atoms with Crippen molar-refractivity contribution in [2.45, 2.75) is 67.0 Å². The van der Waals surface area contributed by atoms with Crippen LogP contribution in [0.1, 0.15) is 53.5 Å². The molecule has 114 valence electrons. The van der Waals surface area contributed by atoms with Gasteiger partial charge in [-0.2, -0.15) is 5.10 Å². The largest absolute Gasteiger partial charge is 0.313 e. The summed E-state index contributed by atoms with van der Waals surface area (Å²) in [5.74, 6) is 0.742. The molecule has 0 amide bonds.